The number of rotatable bonds is 2. The molecule has 0 spiro atoms. The Bertz CT molecular complexity index is 849. The van der Waals surface area contributed by atoms with Crippen LogP contribution in [-0.4, -0.2) is 21.4 Å². The molecule has 0 unspecified atom stereocenters. The third-order valence-electron chi connectivity index (χ3n) is 3.71. The van der Waals surface area contributed by atoms with Gasteiger partial charge in [-0.25, -0.2) is 8.78 Å². The van der Waals surface area contributed by atoms with E-state index in [1.165, 1.54) is 0 Å². The first-order valence-corrected chi connectivity index (χ1v) is 7.43. The van der Waals surface area contributed by atoms with Gasteiger partial charge in [0.25, 0.3) is 5.56 Å². The lowest BCUT2D eigenvalue weighted by Gasteiger charge is -2.28. The van der Waals surface area contributed by atoms with E-state index in [0.717, 1.165) is 17.8 Å². The SMILES string of the molecule is O=c1[nH]c(=S)[nH]c2c1CN(Cc1c(F)ccc(F)c1Cl)CC2. The van der Waals surface area contributed by atoms with Crippen LogP contribution in [0.5, 0.6) is 0 Å². The van der Waals surface area contributed by atoms with Gasteiger partial charge < -0.3 is 4.98 Å². The monoisotopic (exact) mass is 343 g/mol. The van der Waals surface area contributed by atoms with E-state index in [1.807, 2.05) is 4.90 Å². The fourth-order valence-corrected chi connectivity index (χ4v) is 3.01. The van der Waals surface area contributed by atoms with Crippen LogP contribution in [0.15, 0.2) is 16.9 Å². The molecular weight excluding hydrogens is 332 g/mol. The molecule has 22 heavy (non-hydrogen) atoms. The summed E-state index contributed by atoms with van der Waals surface area (Å²) in [6.45, 7) is 1.05. The minimum atomic E-state index is -0.655. The number of fused-ring (bicyclic) bond motifs is 1. The van der Waals surface area contributed by atoms with Crippen LogP contribution in [0.2, 0.25) is 5.02 Å². The summed E-state index contributed by atoms with van der Waals surface area (Å²) in [5.41, 5.74) is 1.20. The van der Waals surface area contributed by atoms with Gasteiger partial charge in [-0.15, -0.1) is 0 Å². The average molecular weight is 344 g/mol. The highest BCUT2D eigenvalue weighted by Gasteiger charge is 2.22. The number of nitrogens with one attached hydrogen (secondary N) is 2. The van der Waals surface area contributed by atoms with Crippen LogP contribution in [0, 0.1) is 16.4 Å². The first kappa shape index (κ1) is 15.3. The molecule has 2 heterocycles. The summed E-state index contributed by atoms with van der Waals surface area (Å²) in [6, 6.07) is 2.05. The number of aromatic nitrogens is 2. The van der Waals surface area contributed by atoms with E-state index < -0.39 is 11.6 Å². The van der Waals surface area contributed by atoms with Gasteiger partial charge in [0.15, 0.2) is 4.77 Å². The highest BCUT2D eigenvalue weighted by Crippen LogP contribution is 2.25. The zero-order valence-electron chi connectivity index (χ0n) is 11.4. The summed E-state index contributed by atoms with van der Waals surface area (Å²) in [6.07, 6.45) is 0.581. The van der Waals surface area contributed by atoms with E-state index >= 15 is 0 Å². The molecule has 3 rings (SSSR count). The number of halogens is 3. The molecule has 0 atom stereocenters. The maximum absolute atomic E-state index is 13.8. The molecule has 1 aliphatic heterocycles. The van der Waals surface area contributed by atoms with Crippen LogP contribution in [0.3, 0.4) is 0 Å². The van der Waals surface area contributed by atoms with Crippen molar-refractivity contribution in [3.05, 3.63) is 60.7 Å². The second kappa shape index (κ2) is 5.91. The summed E-state index contributed by atoms with van der Waals surface area (Å²) in [7, 11) is 0. The van der Waals surface area contributed by atoms with E-state index in [1.54, 1.807) is 0 Å². The molecule has 0 radical (unpaired) electrons. The number of hydrogen-bond acceptors (Lipinski definition) is 3. The zero-order valence-corrected chi connectivity index (χ0v) is 13.0. The minimum Gasteiger partial charge on any atom is -0.335 e. The van der Waals surface area contributed by atoms with Gasteiger partial charge in [-0.1, -0.05) is 11.6 Å². The van der Waals surface area contributed by atoms with Crippen molar-refractivity contribution in [1.82, 2.24) is 14.9 Å². The molecule has 8 heteroatoms. The maximum atomic E-state index is 13.8. The average Bonchev–Trinajstić information content (AvgIpc) is 2.48. The molecule has 2 N–H and O–H groups in total. The van der Waals surface area contributed by atoms with Gasteiger partial charge in [0.2, 0.25) is 0 Å². The molecule has 0 aliphatic carbocycles. The number of H-pyrrole nitrogens is 2. The Hall–Kier alpha value is -1.57. The molecule has 0 fully saturated rings. The highest BCUT2D eigenvalue weighted by atomic mass is 35.5. The molecule has 0 bridgehead atoms. The predicted octanol–water partition coefficient (Wildman–Crippen LogP) is 2.92. The summed E-state index contributed by atoms with van der Waals surface area (Å²) in [5.74, 6) is -1.21. The van der Waals surface area contributed by atoms with Crippen molar-refractivity contribution in [3.63, 3.8) is 0 Å². The smallest absolute Gasteiger partial charge is 0.256 e. The minimum absolute atomic E-state index is 0.102. The second-order valence-electron chi connectivity index (χ2n) is 5.15. The van der Waals surface area contributed by atoms with Crippen molar-refractivity contribution in [2.24, 2.45) is 0 Å². The van der Waals surface area contributed by atoms with Crippen molar-refractivity contribution in [2.75, 3.05) is 6.54 Å². The number of nitrogens with zero attached hydrogens (tertiary/aromatic N) is 1. The number of aromatic amines is 2. The Kier molecular flexibility index (Phi) is 4.12. The summed E-state index contributed by atoms with van der Waals surface area (Å²) in [4.78, 5) is 19.3. The van der Waals surface area contributed by atoms with Gasteiger partial charge in [-0.05, 0) is 24.4 Å². The summed E-state index contributed by atoms with van der Waals surface area (Å²) in [5, 5.41) is -0.216. The highest BCUT2D eigenvalue weighted by molar-refractivity contribution is 7.71. The second-order valence-corrected chi connectivity index (χ2v) is 5.93. The van der Waals surface area contributed by atoms with Crippen molar-refractivity contribution in [2.45, 2.75) is 19.5 Å². The van der Waals surface area contributed by atoms with E-state index in [4.69, 9.17) is 23.8 Å². The summed E-state index contributed by atoms with van der Waals surface area (Å²) >= 11 is 10.8. The standard InChI is InChI=1S/C14H12ClF2N3OS/c15-12-7(9(16)1-2-10(12)17)5-20-4-3-11-8(6-20)13(21)19-14(22)18-11/h1-2H,3-6H2,(H2,18,19,21,22). The fraction of sp³-hybridized carbons (Fsp3) is 0.286. The van der Waals surface area contributed by atoms with Gasteiger partial charge >= 0.3 is 0 Å². The van der Waals surface area contributed by atoms with Crippen LogP contribution in [-0.2, 0) is 19.5 Å². The molecule has 1 aliphatic rings. The van der Waals surface area contributed by atoms with Gasteiger partial charge in [-0.2, -0.15) is 0 Å². The van der Waals surface area contributed by atoms with E-state index in [2.05, 4.69) is 9.97 Å². The molecule has 1 aromatic heterocycles. The molecule has 116 valence electrons. The lowest BCUT2D eigenvalue weighted by atomic mass is 10.1. The Morgan fingerprint density at radius 3 is 2.77 bits per heavy atom. The Morgan fingerprint density at radius 2 is 2.00 bits per heavy atom. The topological polar surface area (TPSA) is 51.9 Å². The normalized spacial score (nSPS) is 14.9. The van der Waals surface area contributed by atoms with Crippen LogP contribution < -0.4 is 5.56 Å². The number of hydrogen-bond donors (Lipinski definition) is 2. The lowest BCUT2D eigenvalue weighted by Crippen LogP contribution is -2.35. The van der Waals surface area contributed by atoms with E-state index in [0.29, 0.717) is 25.1 Å². The maximum Gasteiger partial charge on any atom is 0.256 e. The van der Waals surface area contributed by atoms with Crippen LogP contribution in [0.4, 0.5) is 8.78 Å². The third-order valence-corrected chi connectivity index (χ3v) is 4.32. The molecule has 2 aromatic rings. The van der Waals surface area contributed by atoms with Gasteiger partial charge in [-0.3, -0.25) is 14.7 Å². The Labute approximate surface area is 134 Å². The molecule has 0 amide bonds. The predicted molar refractivity (Wildman–Crippen MR) is 81.4 cm³/mol. The van der Waals surface area contributed by atoms with Crippen LogP contribution in [0.25, 0.3) is 0 Å². The summed E-state index contributed by atoms with van der Waals surface area (Å²) < 4.78 is 27.6. The van der Waals surface area contributed by atoms with Gasteiger partial charge in [0.1, 0.15) is 11.6 Å². The van der Waals surface area contributed by atoms with E-state index in [9.17, 15) is 13.6 Å². The lowest BCUT2D eigenvalue weighted by molar-refractivity contribution is 0.238. The van der Waals surface area contributed by atoms with Crippen molar-refractivity contribution in [1.29, 1.82) is 0 Å². The molecule has 0 saturated heterocycles. The third kappa shape index (κ3) is 2.84. The molecule has 4 nitrogen and oxygen atoms in total. The van der Waals surface area contributed by atoms with Crippen LogP contribution in [0.1, 0.15) is 16.8 Å². The first-order valence-electron chi connectivity index (χ1n) is 6.65. The van der Waals surface area contributed by atoms with Crippen molar-refractivity contribution in [3.8, 4) is 0 Å². The van der Waals surface area contributed by atoms with Crippen molar-refractivity contribution >= 4 is 23.8 Å². The largest absolute Gasteiger partial charge is 0.335 e. The van der Waals surface area contributed by atoms with Crippen LogP contribution >= 0.6 is 23.8 Å². The quantitative estimate of drug-likeness (QED) is 0.651. The molecular formula is C14H12ClF2N3OS. The Balaban J connectivity index is 1.89. The zero-order chi connectivity index (χ0) is 15.9. The number of benzene rings is 1. The van der Waals surface area contributed by atoms with Crippen molar-refractivity contribution < 1.29 is 8.78 Å². The van der Waals surface area contributed by atoms with E-state index in [-0.39, 0.29) is 27.5 Å². The molecule has 0 saturated carbocycles. The van der Waals surface area contributed by atoms with Gasteiger partial charge in [0.05, 0.1) is 10.6 Å². The Morgan fingerprint density at radius 1 is 1.27 bits per heavy atom. The molecule has 1 aromatic carbocycles. The fourth-order valence-electron chi connectivity index (χ4n) is 2.59. The van der Waals surface area contributed by atoms with Gasteiger partial charge in [0, 0.05) is 37.3 Å². The first-order chi connectivity index (χ1) is 10.5.